The molecule has 1 fully saturated rings. The second kappa shape index (κ2) is 10.5. The van der Waals surface area contributed by atoms with Gasteiger partial charge in [-0.1, -0.05) is 12.1 Å². The molecular weight excluding hydrogens is 422 g/mol. The third-order valence-corrected chi connectivity index (χ3v) is 5.68. The number of anilines is 1. The Morgan fingerprint density at radius 1 is 1.12 bits per heavy atom. The summed E-state index contributed by atoms with van der Waals surface area (Å²) in [6, 6.07) is 6.65. The van der Waals surface area contributed by atoms with Crippen molar-refractivity contribution < 1.29 is 14.8 Å². The molecule has 0 amide bonds. The average Bonchev–Trinajstić information content (AvgIpc) is 2.74. The first-order valence-corrected chi connectivity index (χ1v) is 11.4. The number of non-ortho nitro benzene ring substituents is 1. The Labute approximate surface area is 195 Å². The number of piperazine rings is 1. The first kappa shape index (κ1) is 25.0. The monoisotopic (exact) mass is 457 g/mol. The number of aliphatic hydroxyl groups is 1. The molecule has 33 heavy (non-hydrogen) atoms. The van der Waals surface area contributed by atoms with Gasteiger partial charge < -0.3 is 14.7 Å². The first-order chi connectivity index (χ1) is 15.5. The van der Waals surface area contributed by atoms with E-state index in [9.17, 15) is 15.2 Å². The quantitative estimate of drug-likeness (QED) is 0.477. The molecule has 0 saturated carbocycles. The van der Waals surface area contributed by atoms with Gasteiger partial charge in [-0.2, -0.15) is 0 Å². The van der Waals surface area contributed by atoms with Gasteiger partial charge in [-0.05, 0) is 40.2 Å². The van der Waals surface area contributed by atoms with Crippen molar-refractivity contribution in [1.29, 1.82) is 0 Å². The average molecular weight is 458 g/mol. The molecule has 1 aromatic carbocycles. The Morgan fingerprint density at radius 3 is 2.33 bits per heavy atom. The summed E-state index contributed by atoms with van der Waals surface area (Å²) in [5.74, 6) is 1.65. The van der Waals surface area contributed by atoms with Crippen molar-refractivity contribution in [2.75, 3.05) is 44.2 Å². The second-order valence-corrected chi connectivity index (χ2v) is 9.62. The van der Waals surface area contributed by atoms with Gasteiger partial charge in [0.15, 0.2) is 0 Å². The van der Waals surface area contributed by atoms with Crippen LogP contribution in [0.5, 0.6) is 0 Å². The number of benzene rings is 1. The molecule has 9 nitrogen and oxygen atoms in total. The predicted molar refractivity (Wildman–Crippen MR) is 128 cm³/mol. The lowest BCUT2D eigenvalue weighted by Gasteiger charge is -2.37. The Kier molecular flexibility index (Phi) is 7.99. The van der Waals surface area contributed by atoms with E-state index in [-0.39, 0.29) is 16.2 Å². The number of ether oxygens (including phenoxy) is 1. The van der Waals surface area contributed by atoms with E-state index in [0.29, 0.717) is 19.6 Å². The summed E-state index contributed by atoms with van der Waals surface area (Å²) in [7, 11) is 0. The molecule has 180 valence electrons. The van der Waals surface area contributed by atoms with Crippen LogP contribution >= 0.6 is 0 Å². The Bertz CT molecular complexity index is 951. The molecule has 2 heterocycles. The number of aliphatic hydroxyl groups excluding tert-OH is 1. The van der Waals surface area contributed by atoms with Gasteiger partial charge >= 0.3 is 0 Å². The minimum absolute atomic E-state index is 0.0852. The fourth-order valence-electron chi connectivity index (χ4n) is 3.97. The number of hydrogen-bond donors (Lipinski definition) is 1. The number of hydrogen-bond acceptors (Lipinski definition) is 8. The van der Waals surface area contributed by atoms with Gasteiger partial charge in [0.05, 0.1) is 23.2 Å². The summed E-state index contributed by atoms with van der Waals surface area (Å²) in [6.07, 6.45) is 0.0969. The lowest BCUT2D eigenvalue weighted by molar-refractivity contribution is -0.384. The van der Waals surface area contributed by atoms with Crippen LogP contribution in [0.15, 0.2) is 24.3 Å². The number of rotatable bonds is 8. The van der Waals surface area contributed by atoms with Crippen molar-refractivity contribution in [3.05, 3.63) is 57.0 Å². The highest BCUT2D eigenvalue weighted by atomic mass is 16.6. The highest BCUT2D eigenvalue weighted by Crippen LogP contribution is 2.26. The molecule has 1 aliphatic rings. The largest absolute Gasteiger partial charge is 0.389 e. The van der Waals surface area contributed by atoms with Crippen LogP contribution in [0.4, 0.5) is 11.5 Å². The predicted octanol–water partition coefficient (Wildman–Crippen LogP) is 2.89. The molecule has 1 atom stereocenters. The first-order valence-electron chi connectivity index (χ1n) is 11.4. The van der Waals surface area contributed by atoms with Crippen LogP contribution in [0.1, 0.15) is 43.4 Å². The lowest BCUT2D eigenvalue weighted by atomic mass is 10.0. The standard InChI is InChI=1S/C24H35N5O4/c1-17-22(14-19-6-8-20(9-7-19)29(31)32)23(26-18(2)25-17)28-12-10-27(11-13-28)15-21(30)16-33-24(3,4)5/h6-9,21,30H,10-16H2,1-5H3. The SMILES string of the molecule is Cc1nc(C)c(Cc2ccc([N+](=O)[O-])cc2)c(N2CCN(CC(O)COC(C)(C)C)CC2)n1. The van der Waals surface area contributed by atoms with Crippen molar-refractivity contribution in [3.8, 4) is 0 Å². The van der Waals surface area contributed by atoms with Crippen LogP contribution in [0, 0.1) is 24.0 Å². The summed E-state index contributed by atoms with van der Waals surface area (Å²) in [5, 5.41) is 21.3. The zero-order chi connectivity index (χ0) is 24.2. The summed E-state index contributed by atoms with van der Waals surface area (Å²) < 4.78 is 5.70. The molecule has 1 aromatic heterocycles. The topological polar surface area (TPSA) is 105 Å². The van der Waals surface area contributed by atoms with Crippen LogP contribution in [0.25, 0.3) is 0 Å². The Balaban J connectivity index is 1.67. The van der Waals surface area contributed by atoms with E-state index in [2.05, 4.69) is 14.8 Å². The van der Waals surface area contributed by atoms with Gasteiger partial charge in [-0.25, -0.2) is 9.97 Å². The molecule has 9 heteroatoms. The van der Waals surface area contributed by atoms with Crippen LogP contribution < -0.4 is 4.90 Å². The van der Waals surface area contributed by atoms with Crippen molar-refractivity contribution in [2.24, 2.45) is 0 Å². The number of nitro benzene ring substituents is 1. The van der Waals surface area contributed by atoms with E-state index in [1.54, 1.807) is 12.1 Å². The summed E-state index contributed by atoms with van der Waals surface area (Å²) in [4.78, 5) is 24.4. The molecule has 1 unspecified atom stereocenters. The van der Waals surface area contributed by atoms with Crippen molar-refractivity contribution in [3.63, 3.8) is 0 Å². The molecule has 2 aromatic rings. The molecule has 0 spiro atoms. The fraction of sp³-hybridized carbons (Fsp3) is 0.583. The molecule has 1 saturated heterocycles. The molecule has 0 radical (unpaired) electrons. The third kappa shape index (κ3) is 7.18. The smallest absolute Gasteiger partial charge is 0.269 e. The molecule has 3 rings (SSSR count). The maximum Gasteiger partial charge on any atom is 0.269 e. The summed E-state index contributed by atoms with van der Waals surface area (Å²) in [5.41, 5.74) is 2.78. The number of nitro groups is 1. The van der Waals surface area contributed by atoms with Crippen molar-refractivity contribution in [1.82, 2.24) is 14.9 Å². The van der Waals surface area contributed by atoms with E-state index in [4.69, 9.17) is 9.72 Å². The molecule has 0 bridgehead atoms. The Morgan fingerprint density at radius 2 is 1.76 bits per heavy atom. The van der Waals surface area contributed by atoms with Crippen LogP contribution in [0.3, 0.4) is 0 Å². The lowest BCUT2D eigenvalue weighted by Crippen LogP contribution is -2.50. The number of nitrogens with zero attached hydrogens (tertiary/aromatic N) is 5. The zero-order valence-electron chi connectivity index (χ0n) is 20.2. The van der Waals surface area contributed by atoms with Gasteiger partial charge in [-0.3, -0.25) is 15.0 Å². The van der Waals surface area contributed by atoms with E-state index in [1.165, 1.54) is 12.1 Å². The van der Waals surface area contributed by atoms with Crippen molar-refractivity contribution in [2.45, 2.75) is 52.7 Å². The van der Waals surface area contributed by atoms with Crippen molar-refractivity contribution >= 4 is 11.5 Å². The second-order valence-electron chi connectivity index (χ2n) is 9.62. The normalized spacial score (nSPS) is 16.1. The van der Waals surface area contributed by atoms with Gasteiger partial charge in [0.25, 0.3) is 5.69 Å². The van der Waals surface area contributed by atoms with Gasteiger partial charge in [-0.15, -0.1) is 0 Å². The van der Waals surface area contributed by atoms with Crippen LogP contribution in [-0.4, -0.2) is 75.9 Å². The zero-order valence-corrected chi connectivity index (χ0v) is 20.2. The van der Waals surface area contributed by atoms with Gasteiger partial charge in [0.2, 0.25) is 0 Å². The molecule has 1 N–H and O–H groups in total. The fourth-order valence-corrected chi connectivity index (χ4v) is 3.97. The summed E-state index contributed by atoms with van der Waals surface area (Å²) in [6.45, 7) is 14.0. The van der Waals surface area contributed by atoms with Crippen LogP contribution in [0.2, 0.25) is 0 Å². The maximum absolute atomic E-state index is 10.9. The molecule has 1 aliphatic heterocycles. The third-order valence-electron chi connectivity index (χ3n) is 5.68. The maximum atomic E-state index is 10.9. The van der Waals surface area contributed by atoms with Gasteiger partial charge in [0, 0.05) is 62.5 Å². The van der Waals surface area contributed by atoms with E-state index in [1.807, 2.05) is 34.6 Å². The minimum Gasteiger partial charge on any atom is -0.389 e. The van der Waals surface area contributed by atoms with E-state index in [0.717, 1.165) is 54.6 Å². The van der Waals surface area contributed by atoms with Gasteiger partial charge in [0.1, 0.15) is 11.6 Å². The highest BCUT2D eigenvalue weighted by molar-refractivity contribution is 5.52. The van der Waals surface area contributed by atoms with Crippen LogP contribution in [-0.2, 0) is 11.2 Å². The number of aryl methyl sites for hydroxylation is 2. The van der Waals surface area contributed by atoms with E-state index < -0.39 is 6.10 Å². The minimum atomic E-state index is -0.517. The Hall–Kier alpha value is -2.62. The highest BCUT2D eigenvalue weighted by Gasteiger charge is 2.24. The number of aromatic nitrogens is 2. The van der Waals surface area contributed by atoms with E-state index >= 15 is 0 Å². The summed E-state index contributed by atoms with van der Waals surface area (Å²) >= 11 is 0. The number of β-amino-alcohol motifs (C(OH)–C–C–N with tert-alkyl or cyclic N) is 1. The molecule has 0 aliphatic carbocycles. The molecular formula is C24H35N5O4.